The molecular formula is C25H27IN6. The third kappa shape index (κ3) is 6.16. The van der Waals surface area contributed by atoms with Crippen LogP contribution in [0.2, 0.25) is 0 Å². The molecule has 0 radical (unpaired) electrons. The predicted octanol–water partition coefficient (Wildman–Crippen LogP) is 4.38. The number of imidazole rings is 1. The Kier molecular flexibility index (Phi) is 8.79. The largest absolute Gasteiger partial charge is 0.355 e. The van der Waals surface area contributed by atoms with Gasteiger partial charge in [0.1, 0.15) is 12.1 Å². The van der Waals surface area contributed by atoms with Crippen LogP contribution in [0.25, 0.3) is 5.82 Å². The highest BCUT2D eigenvalue weighted by Crippen LogP contribution is 2.23. The summed E-state index contributed by atoms with van der Waals surface area (Å²) in [6, 6.07) is 25.1. The second kappa shape index (κ2) is 12.0. The molecular weight excluding hydrogens is 511 g/mol. The van der Waals surface area contributed by atoms with Gasteiger partial charge in [-0.15, -0.1) is 24.0 Å². The van der Waals surface area contributed by atoms with Gasteiger partial charge < -0.3 is 10.6 Å². The molecule has 0 aliphatic heterocycles. The highest BCUT2D eigenvalue weighted by Gasteiger charge is 2.14. The fraction of sp³-hybridized carbons (Fsp3) is 0.160. The average Bonchev–Trinajstić information content (AvgIpc) is 3.38. The van der Waals surface area contributed by atoms with Crippen molar-refractivity contribution in [3.63, 3.8) is 0 Å². The van der Waals surface area contributed by atoms with Gasteiger partial charge in [-0.25, -0.2) is 9.97 Å². The topological polar surface area (TPSA) is 67.1 Å². The van der Waals surface area contributed by atoms with E-state index in [0.717, 1.165) is 23.9 Å². The van der Waals surface area contributed by atoms with Crippen LogP contribution in [0.1, 0.15) is 22.6 Å². The molecule has 0 aliphatic carbocycles. The molecule has 0 amide bonds. The molecule has 2 heterocycles. The molecule has 0 aliphatic rings. The molecule has 0 saturated carbocycles. The second-order valence-electron chi connectivity index (χ2n) is 7.18. The number of pyridine rings is 1. The first kappa shape index (κ1) is 23.5. The summed E-state index contributed by atoms with van der Waals surface area (Å²) < 4.78 is 1.88. The van der Waals surface area contributed by atoms with Crippen molar-refractivity contribution in [3.8, 4) is 5.82 Å². The number of halogens is 1. The van der Waals surface area contributed by atoms with Gasteiger partial charge in [-0.3, -0.25) is 9.56 Å². The van der Waals surface area contributed by atoms with Crippen LogP contribution in [0.4, 0.5) is 0 Å². The van der Waals surface area contributed by atoms with Gasteiger partial charge in [0.2, 0.25) is 0 Å². The molecule has 4 rings (SSSR count). The molecule has 6 nitrogen and oxygen atoms in total. The minimum Gasteiger partial charge on any atom is -0.355 e. The Morgan fingerprint density at radius 3 is 2.16 bits per heavy atom. The number of hydrogen-bond acceptors (Lipinski definition) is 3. The van der Waals surface area contributed by atoms with Crippen molar-refractivity contribution in [2.75, 3.05) is 13.6 Å². The Morgan fingerprint density at radius 2 is 1.62 bits per heavy atom. The SMILES string of the molecule is CN=C(NCc1ccc(-n2ccnc2)nc1)NCC(c1ccccc1)c1ccccc1.I. The molecule has 32 heavy (non-hydrogen) atoms. The summed E-state index contributed by atoms with van der Waals surface area (Å²) in [7, 11) is 1.79. The van der Waals surface area contributed by atoms with Crippen LogP contribution in [0.15, 0.2) is 103 Å². The van der Waals surface area contributed by atoms with Crippen LogP contribution in [0.3, 0.4) is 0 Å². The van der Waals surface area contributed by atoms with Crippen molar-refractivity contribution < 1.29 is 0 Å². The van der Waals surface area contributed by atoms with E-state index in [2.05, 4.69) is 80.2 Å². The quantitative estimate of drug-likeness (QED) is 0.208. The van der Waals surface area contributed by atoms with E-state index in [4.69, 9.17) is 0 Å². The van der Waals surface area contributed by atoms with Crippen molar-refractivity contribution in [3.05, 3.63) is 114 Å². The minimum absolute atomic E-state index is 0. The lowest BCUT2D eigenvalue weighted by Gasteiger charge is -2.20. The van der Waals surface area contributed by atoms with Crippen LogP contribution >= 0.6 is 24.0 Å². The monoisotopic (exact) mass is 538 g/mol. The first-order chi connectivity index (χ1) is 15.3. The van der Waals surface area contributed by atoms with Crippen LogP contribution < -0.4 is 10.6 Å². The molecule has 164 valence electrons. The van der Waals surface area contributed by atoms with Gasteiger partial charge >= 0.3 is 0 Å². The van der Waals surface area contributed by atoms with Crippen molar-refractivity contribution in [1.29, 1.82) is 0 Å². The van der Waals surface area contributed by atoms with E-state index in [0.29, 0.717) is 6.54 Å². The predicted molar refractivity (Wildman–Crippen MR) is 140 cm³/mol. The number of aromatic nitrogens is 3. The van der Waals surface area contributed by atoms with Crippen LogP contribution in [-0.4, -0.2) is 34.1 Å². The van der Waals surface area contributed by atoms with Crippen LogP contribution in [-0.2, 0) is 6.54 Å². The van der Waals surface area contributed by atoms with Crippen molar-refractivity contribution in [2.45, 2.75) is 12.5 Å². The van der Waals surface area contributed by atoms with Crippen LogP contribution in [0.5, 0.6) is 0 Å². The van der Waals surface area contributed by atoms with E-state index in [1.807, 2.05) is 35.2 Å². The van der Waals surface area contributed by atoms with Gasteiger partial charge in [-0.1, -0.05) is 66.7 Å². The minimum atomic E-state index is 0. The molecule has 0 fully saturated rings. The first-order valence-electron chi connectivity index (χ1n) is 10.3. The molecule has 0 atom stereocenters. The van der Waals surface area contributed by atoms with Gasteiger partial charge in [0, 0.05) is 44.6 Å². The summed E-state index contributed by atoms with van der Waals surface area (Å²) in [5.41, 5.74) is 3.63. The molecule has 0 spiro atoms. The molecule has 2 aromatic heterocycles. The fourth-order valence-corrected chi connectivity index (χ4v) is 3.47. The summed E-state index contributed by atoms with van der Waals surface area (Å²) in [5.74, 6) is 1.84. The Hall–Kier alpha value is -3.20. The van der Waals surface area contributed by atoms with E-state index in [-0.39, 0.29) is 29.9 Å². The van der Waals surface area contributed by atoms with E-state index in [9.17, 15) is 0 Å². The van der Waals surface area contributed by atoms with Gasteiger partial charge in [0.25, 0.3) is 0 Å². The normalized spacial score (nSPS) is 11.1. The Labute approximate surface area is 205 Å². The lowest BCUT2D eigenvalue weighted by Crippen LogP contribution is -2.39. The number of rotatable bonds is 7. The molecule has 7 heteroatoms. The molecule has 2 N–H and O–H groups in total. The molecule has 0 saturated heterocycles. The Bertz CT molecular complexity index is 1040. The molecule has 4 aromatic rings. The fourth-order valence-electron chi connectivity index (χ4n) is 3.47. The summed E-state index contributed by atoms with van der Waals surface area (Å²) >= 11 is 0. The number of hydrogen-bond donors (Lipinski definition) is 2. The number of guanidine groups is 1. The molecule has 2 aromatic carbocycles. The average molecular weight is 538 g/mol. The zero-order valence-corrected chi connectivity index (χ0v) is 20.3. The highest BCUT2D eigenvalue weighted by atomic mass is 127. The second-order valence-corrected chi connectivity index (χ2v) is 7.18. The van der Waals surface area contributed by atoms with Crippen molar-refractivity contribution in [2.24, 2.45) is 4.99 Å². The maximum atomic E-state index is 4.50. The highest BCUT2D eigenvalue weighted by molar-refractivity contribution is 14.0. The molecule has 0 unspecified atom stereocenters. The summed E-state index contributed by atoms with van der Waals surface area (Å²) in [5, 5.41) is 6.85. The summed E-state index contributed by atoms with van der Waals surface area (Å²) in [4.78, 5) is 12.9. The number of benzene rings is 2. The smallest absolute Gasteiger partial charge is 0.191 e. The standard InChI is InChI=1S/C25H26N6.HI/c1-26-25(29-17-20-12-13-24(28-16-20)31-15-14-27-19-31)30-18-23(21-8-4-2-5-9-21)22-10-6-3-7-11-22;/h2-16,19,23H,17-18H2,1H3,(H2,26,29,30);1H. The Morgan fingerprint density at radius 1 is 0.938 bits per heavy atom. The third-order valence-electron chi connectivity index (χ3n) is 5.14. The van der Waals surface area contributed by atoms with Gasteiger partial charge in [-0.05, 0) is 22.8 Å². The zero-order chi connectivity index (χ0) is 21.3. The van der Waals surface area contributed by atoms with E-state index < -0.39 is 0 Å². The van der Waals surface area contributed by atoms with E-state index in [1.54, 1.807) is 19.6 Å². The van der Waals surface area contributed by atoms with Crippen molar-refractivity contribution >= 4 is 29.9 Å². The number of nitrogens with one attached hydrogen (secondary N) is 2. The first-order valence-corrected chi connectivity index (χ1v) is 10.3. The van der Waals surface area contributed by atoms with E-state index >= 15 is 0 Å². The number of aliphatic imine (C=N–C) groups is 1. The van der Waals surface area contributed by atoms with Gasteiger partial charge in [-0.2, -0.15) is 0 Å². The van der Waals surface area contributed by atoms with Gasteiger partial charge in [0.15, 0.2) is 5.96 Å². The lowest BCUT2D eigenvalue weighted by molar-refractivity contribution is 0.727. The Balaban J connectivity index is 0.00000289. The third-order valence-corrected chi connectivity index (χ3v) is 5.14. The van der Waals surface area contributed by atoms with Crippen molar-refractivity contribution in [1.82, 2.24) is 25.2 Å². The molecule has 0 bridgehead atoms. The van der Waals surface area contributed by atoms with Gasteiger partial charge in [0.05, 0.1) is 0 Å². The lowest BCUT2D eigenvalue weighted by atomic mass is 9.91. The van der Waals surface area contributed by atoms with Crippen LogP contribution in [0, 0.1) is 0 Å². The maximum absolute atomic E-state index is 4.50. The number of nitrogens with zero attached hydrogens (tertiary/aromatic N) is 4. The zero-order valence-electron chi connectivity index (χ0n) is 17.9. The van der Waals surface area contributed by atoms with E-state index in [1.165, 1.54) is 11.1 Å². The summed E-state index contributed by atoms with van der Waals surface area (Å²) in [6.07, 6.45) is 7.22. The summed E-state index contributed by atoms with van der Waals surface area (Å²) in [6.45, 7) is 1.38. The maximum Gasteiger partial charge on any atom is 0.191 e.